The van der Waals surface area contributed by atoms with Gasteiger partial charge < -0.3 is 10.2 Å². The Labute approximate surface area is 163 Å². The van der Waals surface area contributed by atoms with Gasteiger partial charge in [-0.2, -0.15) is 5.10 Å². The highest BCUT2D eigenvalue weighted by Crippen LogP contribution is 2.30. The molecule has 0 saturated heterocycles. The van der Waals surface area contributed by atoms with Gasteiger partial charge >= 0.3 is 11.9 Å². The minimum atomic E-state index is -1.14. The number of aromatic nitrogens is 4. The van der Waals surface area contributed by atoms with Crippen LogP contribution in [0.25, 0.3) is 21.9 Å². The van der Waals surface area contributed by atoms with Gasteiger partial charge in [0, 0.05) is 16.8 Å². The topological polar surface area (TPSA) is 110 Å². The summed E-state index contributed by atoms with van der Waals surface area (Å²) in [7, 11) is 0. The predicted octanol–water partition coefficient (Wildman–Crippen LogP) is 3.52. The Morgan fingerprint density at radius 2 is 1.96 bits per heavy atom. The first kappa shape index (κ1) is 17.9. The molecule has 4 aromatic rings. The van der Waals surface area contributed by atoms with Gasteiger partial charge in [0.1, 0.15) is 5.69 Å². The van der Waals surface area contributed by atoms with Gasteiger partial charge in [0.15, 0.2) is 11.3 Å². The molecule has 0 fully saturated rings. The summed E-state index contributed by atoms with van der Waals surface area (Å²) in [6, 6.07) is 6.90. The van der Waals surface area contributed by atoms with Crippen molar-refractivity contribution in [3.63, 3.8) is 0 Å². The second-order valence-corrected chi connectivity index (χ2v) is 7.55. The van der Waals surface area contributed by atoms with E-state index in [0.717, 1.165) is 15.4 Å². The van der Waals surface area contributed by atoms with Gasteiger partial charge in [-0.1, -0.05) is 6.92 Å². The highest BCUT2D eigenvalue weighted by molar-refractivity contribution is 7.15. The molecule has 0 amide bonds. The fourth-order valence-electron chi connectivity index (χ4n) is 3.08. The van der Waals surface area contributed by atoms with Gasteiger partial charge in [-0.05, 0) is 37.6 Å². The van der Waals surface area contributed by atoms with E-state index in [0.29, 0.717) is 23.4 Å². The van der Waals surface area contributed by atoms with E-state index in [1.807, 2.05) is 26.0 Å². The van der Waals surface area contributed by atoms with E-state index in [2.05, 4.69) is 10.1 Å². The van der Waals surface area contributed by atoms with E-state index in [4.69, 9.17) is 0 Å². The zero-order chi connectivity index (χ0) is 20.0. The fraction of sp³-hybridized carbons (Fsp3) is 0.158. The van der Waals surface area contributed by atoms with Crippen LogP contribution < -0.4 is 0 Å². The Hall–Kier alpha value is -3.46. The lowest BCUT2D eigenvalue weighted by atomic mass is 10.2. The molecular formula is C19H16N4O4S. The first-order chi connectivity index (χ1) is 13.4. The Morgan fingerprint density at radius 3 is 2.57 bits per heavy atom. The Balaban J connectivity index is 2.03. The number of aryl methyl sites for hydroxylation is 2. The highest BCUT2D eigenvalue weighted by atomic mass is 32.1. The van der Waals surface area contributed by atoms with Crippen LogP contribution in [0.5, 0.6) is 0 Å². The van der Waals surface area contributed by atoms with Crippen LogP contribution in [0.1, 0.15) is 38.3 Å². The number of carboxylic acid groups (broad SMARTS) is 2. The Kier molecular flexibility index (Phi) is 4.23. The summed E-state index contributed by atoms with van der Waals surface area (Å²) in [6.45, 7) is 3.87. The smallest absolute Gasteiger partial charge is 0.356 e. The summed E-state index contributed by atoms with van der Waals surface area (Å²) in [5.41, 5.74) is 2.30. The summed E-state index contributed by atoms with van der Waals surface area (Å²) in [6.07, 6.45) is 3.73. The number of thiophene rings is 1. The van der Waals surface area contributed by atoms with Crippen molar-refractivity contribution in [2.75, 3.05) is 0 Å². The zero-order valence-corrected chi connectivity index (χ0v) is 15.9. The maximum atomic E-state index is 11.7. The lowest BCUT2D eigenvalue weighted by Gasteiger charge is -2.10. The minimum absolute atomic E-state index is 0.0597. The van der Waals surface area contributed by atoms with Crippen molar-refractivity contribution in [1.29, 1.82) is 0 Å². The normalized spacial score (nSPS) is 11.2. The number of hydrogen-bond donors (Lipinski definition) is 2. The molecule has 2 N–H and O–H groups in total. The van der Waals surface area contributed by atoms with Crippen LogP contribution in [0.3, 0.4) is 0 Å². The molecular weight excluding hydrogens is 380 g/mol. The third kappa shape index (κ3) is 2.85. The number of hydrogen-bond acceptors (Lipinski definition) is 5. The summed E-state index contributed by atoms with van der Waals surface area (Å²) in [5, 5.41) is 23.0. The van der Waals surface area contributed by atoms with E-state index in [9.17, 15) is 19.8 Å². The molecule has 0 unspecified atom stereocenters. The largest absolute Gasteiger partial charge is 0.478 e. The van der Waals surface area contributed by atoms with Crippen molar-refractivity contribution in [2.45, 2.75) is 20.3 Å². The molecule has 0 spiro atoms. The molecule has 0 bridgehead atoms. The number of fused-ring (bicyclic) bond motifs is 1. The van der Waals surface area contributed by atoms with Crippen molar-refractivity contribution in [3.05, 3.63) is 58.5 Å². The number of carboxylic acids is 2. The molecule has 142 valence electrons. The summed E-state index contributed by atoms with van der Waals surface area (Å²) >= 11 is 1.58. The SMILES string of the molecule is CCc1cc(C(=O)O)nn1-c1cc(C(=O)O)cn2c(-c3ccc(C)s3)cnc12. The van der Waals surface area contributed by atoms with Gasteiger partial charge in [0.25, 0.3) is 0 Å². The molecule has 0 aliphatic heterocycles. The maximum Gasteiger partial charge on any atom is 0.356 e. The van der Waals surface area contributed by atoms with Crippen LogP contribution in [-0.4, -0.2) is 41.3 Å². The molecule has 8 nitrogen and oxygen atoms in total. The lowest BCUT2D eigenvalue weighted by molar-refractivity contribution is 0.0681. The van der Waals surface area contributed by atoms with E-state index in [1.165, 1.54) is 23.0 Å². The van der Waals surface area contributed by atoms with Crippen LogP contribution >= 0.6 is 11.3 Å². The molecule has 4 aromatic heterocycles. The first-order valence-electron chi connectivity index (χ1n) is 8.53. The second kappa shape index (κ2) is 6.61. The monoisotopic (exact) mass is 396 g/mol. The number of aromatic carboxylic acids is 2. The van der Waals surface area contributed by atoms with Crippen molar-refractivity contribution in [3.8, 4) is 16.3 Å². The molecule has 4 rings (SSSR count). The molecule has 0 radical (unpaired) electrons. The number of nitrogens with zero attached hydrogens (tertiary/aromatic N) is 4. The maximum absolute atomic E-state index is 11.7. The highest BCUT2D eigenvalue weighted by Gasteiger charge is 2.20. The van der Waals surface area contributed by atoms with E-state index in [1.54, 1.807) is 21.9 Å². The third-order valence-corrected chi connectivity index (χ3v) is 5.44. The quantitative estimate of drug-likeness (QED) is 0.534. The Bertz CT molecular complexity index is 1230. The third-order valence-electron chi connectivity index (χ3n) is 4.42. The van der Waals surface area contributed by atoms with Crippen molar-refractivity contribution in [1.82, 2.24) is 19.2 Å². The molecule has 0 saturated carbocycles. The summed E-state index contributed by atoms with van der Waals surface area (Å²) < 4.78 is 3.17. The first-order valence-corrected chi connectivity index (χ1v) is 9.34. The molecule has 0 aliphatic carbocycles. The van der Waals surface area contributed by atoms with Crippen LogP contribution in [0.4, 0.5) is 0 Å². The average molecular weight is 396 g/mol. The summed E-state index contributed by atoms with van der Waals surface area (Å²) in [4.78, 5) is 29.6. The van der Waals surface area contributed by atoms with Crippen molar-refractivity contribution >= 4 is 28.9 Å². The van der Waals surface area contributed by atoms with Gasteiger partial charge in [0.05, 0.1) is 22.3 Å². The number of pyridine rings is 1. The van der Waals surface area contributed by atoms with Gasteiger partial charge in [0.2, 0.25) is 0 Å². The standard InChI is InChI=1S/C19H16N4O4S/c1-3-12-7-13(19(26)27)21-23(12)14-6-11(18(24)25)9-22-15(8-20-17(14)22)16-5-4-10(2)28-16/h4-9H,3H2,1-2H3,(H,24,25)(H,26,27). The second-order valence-electron chi connectivity index (χ2n) is 6.26. The van der Waals surface area contributed by atoms with Crippen LogP contribution in [-0.2, 0) is 6.42 Å². The number of rotatable bonds is 5. The Morgan fingerprint density at radius 1 is 1.18 bits per heavy atom. The molecule has 28 heavy (non-hydrogen) atoms. The van der Waals surface area contributed by atoms with Gasteiger partial charge in [-0.15, -0.1) is 11.3 Å². The summed E-state index contributed by atoms with van der Waals surface area (Å²) in [5.74, 6) is -2.23. The van der Waals surface area contributed by atoms with E-state index < -0.39 is 11.9 Å². The van der Waals surface area contributed by atoms with E-state index in [-0.39, 0.29) is 11.3 Å². The zero-order valence-electron chi connectivity index (χ0n) is 15.1. The van der Waals surface area contributed by atoms with Crippen molar-refractivity contribution in [2.24, 2.45) is 0 Å². The predicted molar refractivity (Wildman–Crippen MR) is 104 cm³/mol. The molecule has 0 atom stereocenters. The van der Waals surface area contributed by atoms with Crippen LogP contribution in [0, 0.1) is 6.92 Å². The lowest BCUT2D eigenvalue weighted by Crippen LogP contribution is -2.09. The minimum Gasteiger partial charge on any atom is -0.478 e. The molecule has 9 heteroatoms. The van der Waals surface area contributed by atoms with Crippen LogP contribution in [0.15, 0.2) is 36.7 Å². The van der Waals surface area contributed by atoms with Crippen LogP contribution in [0.2, 0.25) is 0 Å². The van der Waals surface area contributed by atoms with Crippen molar-refractivity contribution < 1.29 is 19.8 Å². The van der Waals surface area contributed by atoms with Gasteiger partial charge in [-0.25, -0.2) is 19.3 Å². The molecule has 0 aromatic carbocycles. The van der Waals surface area contributed by atoms with E-state index >= 15 is 0 Å². The van der Waals surface area contributed by atoms with Gasteiger partial charge in [-0.3, -0.25) is 4.40 Å². The molecule has 4 heterocycles. The number of imidazole rings is 1. The fourth-order valence-corrected chi connectivity index (χ4v) is 3.96. The average Bonchev–Trinajstić information content (AvgIpc) is 3.37. The number of carbonyl (C=O) groups is 2. The molecule has 0 aliphatic rings.